The first kappa shape index (κ1) is 20.5. The van der Waals surface area contributed by atoms with Crippen molar-refractivity contribution in [2.45, 2.75) is 17.6 Å². The van der Waals surface area contributed by atoms with Crippen molar-refractivity contribution in [2.75, 3.05) is 13.2 Å². The summed E-state index contributed by atoms with van der Waals surface area (Å²) < 4.78 is 56.9. The van der Waals surface area contributed by atoms with Gasteiger partial charge in [0, 0.05) is 0 Å². The normalized spacial score (nSPS) is 12.4. The van der Waals surface area contributed by atoms with Crippen molar-refractivity contribution in [1.29, 1.82) is 0 Å². The molecule has 0 amide bonds. The predicted octanol–water partition coefficient (Wildman–Crippen LogP) is 1.44. The first-order valence-corrected chi connectivity index (χ1v) is 10.9. The monoisotopic (exact) mass is 400 g/mol. The summed E-state index contributed by atoms with van der Waals surface area (Å²) in [5.41, 5.74) is 1.09. The molecule has 9 heteroatoms. The smallest absolute Gasteiger partial charge is 0.271 e. The topological polar surface area (TPSA) is 107 Å². The minimum absolute atomic E-state index is 0.340. The van der Waals surface area contributed by atoms with E-state index in [1.54, 1.807) is 60.7 Å². The second-order valence-corrected chi connectivity index (χ2v) is 8.88. The zero-order valence-electron chi connectivity index (χ0n) is 13.9. The van der Waals surface area contributed by atoms with Crippen LogP contribution in [0.15, 0.2) is 60.7 Å². The molecule has 0 aliphatic rings. The molecule has 0 aromatic heterocycles. The van der Waals surface area contributed by atoms with Gasteiger partial charge in [-0.3, -0.25) is 8.37 Å². The molecule has 2 aromatic rings. The molecule has 0 aliphatic heterocycles. The van der Waals surface area contributed by atoms with Gasteiger partial charge in [-0.05, 0) is 11.1 Å². The van der Waals surface area contributed by atoms with Gasteiger partial charge in [-0.25, -0.2) is 0 Å². The van der Waals surface area contributed by atoms with Crippen LogP contribution in [0.1, 0.15) is 11.1 Å². The Morgan fingerprint density at radius 3 is 1.38 bits per heavy atom. The number of rotatable bonds is 10. The van der Waals surface area contributed by atoms with Crippen molar-refractivity contribution in [3.8, 4) is 0 Å². The highest BCUT2D eigenvalue weighted by Gasteiger charge is 2.19. The average Bonchev–Trinajstić information content (AvgIpc) is 2.59. The van der Waals surface area contributed by atoms with E-state index in [-0.39, 0.29) is 11.5 Å². The molecule has 142 valence electrons. The zero-order chi connectivity index (χ0) is 19.0. The maximum atomic E-state index is 11.9. The number of hydrogen-bond donors (Lipinski definition) is 1. The van der Waals surface area contributed by atoms with E-state index in [9.17, 15) is 21.9 Å². The molecule has 0 atom stereocenters. The van der Waals surface area contributed by atoms with Crippen LogP contribution in [0.5, 0.6) is 0 Å². The Morgan fingerprint density at radius 2 is 1.04 bits per heavy atom. The number of aliphatic hydroxyl groups excluding tert-OH is 1. The summed E-state index contributed by atoms with van der Waals surface area (Å²) in [7, 11) is -7.79. The van der Waals surface area contributed by atoms with Gasteiger partial charge < -0.3 is 5.11 Å². The quantitative estimate of drug-likeness (QED) is 0.601. The second kappa shape index (κ2) is 9.24. The highest BCUT2D eigenvalue weighted by Crippen LogP contribution is 2.10. The minimum Gasteiger partial charge on any atom is -0.388 e. The lowest BCUT2D eigenvalue weighted by atomic mass is 10.2. The van der Waals surface area contributed by atoms with Gasteiger partial charge in [0.05, 0.1) is 13.2 Å². The minimum atomic E-state index is -3.90. The summed E-state index contributed by atoms with van der Waals surface area (Å²) >= 11 is 0. The molecule has 1 N–H and O–H groups in total. The Kier molecular flexibility index (Phi) is 7.30. The highest BCUT2D eigenvalue weighted by molar-refractivity contribution is 7.86. The van der Waals surface area contributed by atoms with Crippen molar-refractivity contribution in [3.05, 3.63) is 71.8 Å². The van der Waals surface area contributed by atoms with Crippen LogP contribution in [0, 0.1) is 0 Å². The molecule has 2 rings (SSSR count). The van der Waals surface area contributed by atoms with Crippen molar-refractivity contribution < 1.29 is 30.3 Å². The molecule has 0 heterocycles. The number of benzene rings is 2. The first-order valence-electron chi connectivity index (χ1n) is 7.76. The summed E-state index contributed by atoms with van der Waals surface area (Å²) in [5, 5.41) is 9.73. The zero-order valence-corrected chi connectivity index (χ0v) is 15.5. The molecule has 26 heavy (non-hydrogen) atoms. The Hall–Kier alpha value is -1.78. The van der Waals surface area contributed by atoms with Gasteiger partial charge in [0.1, 0.15) is 17.6 Å². The third kappa shape index (κ3) is 7.63. The fourth-order valence-electron chi connectivity index (χ4n) is 2.05. The SMILES string of the molecule is O=S(=O)(Cc1ccccc1)OCC(O)COS(=O)(=O)Cc1ccccc1. The molecule has 0 bridgehead atoms. The number of aliphatic hydroxyl groups is 1. The van der Waals surface area contributed by atoms with Gasteiger partial charge >= 0.3 is 0 Å². The molecule has 0 aliphatic carbocycles. The fourth-order valence-corrected chi connectivity index (χ4v) is 4.15. The molecule has 0 saturated carbocycles. The van der Waals surface area contributed by atoms with Gasteiger partial charge in [0.25, 0.3) is 20.2 Å². The third-order valence-corrected chi connectivity index (χ3v) is 5.62. The summed E-state index contributed by atoms with van der Waals surface area (Å²) in [6, 6.07) is 16.9. The first-order chi connectivity index (χ1) is 12.3. The molecule has 0 spiro atoms. The molecular weight excluding hydrogens is 380 g/mol. The van der Waals surface area contributed by atoms with E-state index in [0.717, 1.165) is 0 Å². The molecule has 2 aromatic carbocycles. The molecule has 7 nitrogen and oxygen atoms in total. The lowest BCUT2D eigenvalue weighted by Gasteiger charge is -2.12. The van der Waals surface area contributed by atoms with E-state index in [0.29, 0.717) is 11.1 Å². The van der Waals surface area contributed by atoms with Crippen LogP contribution in [0.2, 0.25) is 0 Å². The lowest BCUT2D eigenvalue weighted by molar-refractivity contribution is 0.0670. The van der Waals surface area contributed by atoms with Crippen LogP contribution in [-0.2, 0) is 40.1 Å². The van der Waals surface area contributed by atoms with Crippen LogP contribution in [0.25, 0.3) is 0 Å². The van der Waals surface area contributed by atoms with E-state index in [1.807, 2.05) is 0 Å². The van der Waals surface area contributed by atoms with Gasteiger partial charge in [-0.2, -0.15) is 16.8 Å². The molecule has 0 fully saturated rings. The van der Waals surface area contributed by atoms with E-state index in [2.05, 4.69) is 0 Å². The number of hydrogen-bond acceptors (Lipinski definition) is 7. The van der Waals surface area contributed by atoms with Crippen LogP contribution in [0.4, 0.5) is 0 Å². The van der Waals surface area contributed by atoms with E-state index in [4.69, 9.17) is 8.37 Å². The van der Waals surface area contributed by atoms with E-state index in [1.165, 1.54) is 0 Å². The van der Waals surface area contributed by atoms with E-state index >= 15 is 0 Å². The summed E-state index contributed by atoms with van der Waals surface area (Å²) in [6.45, 7) is -1.17. The second-order valence-electron chi connectivity index (χ2n) is 5.60. The average molecular weight is 400 g/mol. The molecular formula is C17H20O7S2. The summed E-state index contributed by atoms with van der Waals surface area (Å²) in [5.74, 6) is -0.679. The fraction of sp³-hybridized carbons (Fsp3) is 0.294. The summed E-state index contributed by atoms with van der Waals surface area (Å²) in [6.07, 6.45) is -1.40. The van der Waals surface area contributed by atoms with Crippen LogP contribution >= 0.6 is 0 Å². The standard InChI is InChI=1S/C17H20O7S2/c18-17(11-23-25(19,20)13-15-7-3-1-4-8-15)12-24-26(21,22)14-16-9-5-2-6-10-16/h1-10,17-18H,11-14H2. The van der Waals surface area contributed by atoms with Gasteiger partial charge in [0.2, 0.25) is 0 Å². The summed E-state index contributed by atoms with van der Waals surface area (Å²) in [4.78, 5) is 0. The van der Waals surface area contributed by atoms with Crippen LogP contribution < -0.4 is 0 Å². The predicted molar refractivity (Wildman–Crippen MR) is 96.0 cm³/mol. The Labute approximate surface area is 153 Å². The van der Waals surface area contributed by atoms with Gasteiger partial charge in [-0.1, -0.05) is 60.7 Å². The highest BCUT2D eigenvalue weighted by atomic mass is 32.2. The molecule has 0 radical (unpaired) electrons. The Bertz CT molecular complexity index is 804. The van der Waals surface area contributed by atoms with Gasteiger partial charge in [-0.15, -0.1) is 0 Å². The van der Waals surface area contributed by atoms with Crippen LogP contribution in [-0.4, -0.2) is 41.3 Å². The Morgan fingerprint density at radius 1 is 0.692 bits per heavy atom. The lowest BCUT2D eigenvalue weighted by Crippen LogP contribution is -2.26. The largest absolute Gasteiger partial charge is 0.388 e. The molecule has 0 unspecified atom stereocenters. The van der Waals surface area contributed by atoms with Crippen molar-refractivity contribution in [3.63, 3.8) is 0 Å². The third-order valence-electron chi connectivity index (χ3n) is 3.25. The van der Waals surface area contributed by atoms with Crippen molar-refractivity contribution in [1.82, 2.24) is 0 Å². The van der Waals surface area contributed by atoms with E-state index < -0.39 is 39.6 Å². The molecule has 0 saturated heterocycles. The van der Waals surface area contributed by atoms with Crippen LogP contribution in [0.3, 0.4) is 0 Å². The maximum absolute atomic E-state index is 11.9. The van der Waals surface area contributed by atoms with Gasteiger partial charge in [0.15, 0.2) is 0 Å². The maximum Gasteiger partial charge on any atom is 0.271 e. The van der Waals surface area contributed by atoms with Crippen molar-refractivity contribution in [2.24, 2.45) is 0 Å². The Balaban J connectivity index is 1.78. The van der Waals surface area contributed by atoms with Crippen molar-refractivity contribution >= 4 is 20.2 Å².